The number of hydrogen-bond acceptors (Lipinski definition) is 5. The highest BCUT2D eigenvalue weighted by Gasteiger charge is 2.31. The molecule has 2 aromatic rings. The van der Waals surface area contributed by atoms with Crippen molar-refractivity contribution >= 4 is 23.1 Å². The highest BCUT2D eigenvalue weighted by Crippen LogP contribution is 2.35. The molecule has 2 N–H and O–H groups in total. The maximum atomic E-state index is 8.64. The Morgan fingerprint density at radius 3 is 3.14 bits per heavy atom. The summed E-state index contributed by atoms with van der Waals surface area (Å²) in [5.74, 6) is 2.18. The van der Waals surface area contributed by atoms with E-state index < -0.39 is 0 Å². The van der Waals surface area contributed by atoms with E-state index in [2.05, 4.69) is 39.0 Å². The molecule has 1 saturated carbocycles. The zero-order chi connectivity index (χ0) is 15.5. The van der Waals surface area contributed by atoms with Crippen LogP contribution in [0.3, 0.4) is 0 Å². The number of oxime groups is 1. The zero-order valence-corrected chi connectivity index (χ0v) is 13.1. The fraction of sp³-hybridized carbons (Fsp3) is 0.562. The molecule has 0 bridgehead atoms. The van der Waals surface area contributed by atoms with E-state index in [4.69, 9.17) is 5.21 Å². The van der Waals surface area contributed by atoms with E-state index in [-0.39, 0.29) is 0 Å². The summed E-state index contributed by atoms with van der Waals surface area (Å²) < 4.78 is 0. The zero-order valence-electron chi connectivity index (χ0n) is 13.1. The van der Waals surface area contributed by atoms with E-state index in [1.807, 2.05) is 12.3 Å². The maximum absolute atomic E-state index is 8.64. The molecule has 118 valence electrons. The molecule has 3 unspecified atom stereocenters. The quantitative estimate of drug-likeness (QED) is 0.517. The third-order valence-electron chi connectivity index (χ3n) is 4.95. The lowest BCUT2D eigenvalue weighted by atomic mass is 9.77. The van der Waals surface area contributed by atoms with Gasteiger partial charge in [-0.25, -0.2) is 9.97 Å². The Balaban J connectivity index is 1.83. The lowest BCUT2D eigenvalue weighted by Gasteiger charge is -2.40. The van der Waals surface area contributed by atoms with Crippen LogP contribution in [0.25, 0.3) is 11.0 Å². The molecule has 1 aliphatic rings. The number of aromatic nitrogens is 3. The highest BCUT2D eigenvalue weighted by atomic mass is 16.4. The first kappa shape index (κ1) is 14.8. The van der Waals surface area contributed by atoms with Crippen molar-refractivity contribution < 1.29 is 5.21 Å². The number of anilines is 1. The Kier molecular flexibility index (Phi) is 4.27. The van der Waals surface area contributed by atoms with Crippen LogP contribution in [0.2, 0.25) is 0 Å². The Morgan fingerprint density at radius 1 is 1.45 bits per heavy atom. The number of rotatable bonds is 4. The average molecular weight is 301 g/mol. The van der Waals surface area contributed by atoms with Gasteiger partial charge < -0.3 is 15.1 Å². The van der Waals surface area contributed by atoms with Gasteiger partial charge >= 0.3 is 0 Å². The standard InChI is InChI=1S/C16H23N5O/c1-11-3-4-12(5-8-20-22)9-14(11)21(2)16-13-6-7-17-15(13)18-10-19-16/h6-8,10-12,14,22H,3-5,9H2,1-2H3,(H,17,18,19). The van der Waals surface area contributed by atoms with Crippen LogP contribution in [-0.4, -0.2) is 39.5 Å². The Bertz CT molecular complexity index is 653. The fourth-order valence-electron chi connectivity index (χ4n) is 3.63. The van der Waals surface area contributed by atoms with E-state index in [1.54, 1.807) is 12.5 Å². The molecule has 22 heavy (non-hydrogen) atoms. The summed E-state index contributed by atoms with van der Waals surface area (Å²) in [5.41, 5.74) is 0.879. The largest absolute Gasteiger partial charge is 0.411 e. The second-order valence-corrected chi connectivity index (χ2v) is 6.31. The predicted molar refractivity (Wildman–Crippen MR) is 87.5 cm³/mol. The number of hydrogen-bond donors (Lipinski definition) is 2. The topological polar surface area (TPSA) is 77.4 Å². The number of nitrogens with one attached hydrogen (secondary N) is 1. The summed E-state index contributed by atoms with van der Waals surface area (Å²) in [5, 5.41) is 12.8. The summed E-state index contributed by atoms with van der Waals surface area (Å²) in [6.07, 6.45) is 9.47. The molecule has 1 fully saturated rings. The molecule has 2 heterocycles. The van der Waals surface area contributed by atoms with Crippen LogP contribution < -0.4 is 4.90 Å². The molecule has 0 aromatic carbocycles. The minimum absolute atomic E-state index is 0.443. The van der Waals surface area contributed by atoms with Crippen molar-refractivity contribution in [3.63, 3.8) is 0 Å². The Morgan fingerprint density at radius 2 is 2.32 bits per heavy atom. The summed E-state index contributed by atoms with van der Waals surface area (Å²) in [6.45, 7) is 2.31. The molecule has 0 amide bonds. The fourth-order valence-corrected chi connectivity index (χ4v) is 3.63. The number of fused-ring (bicyclic) bond motifs is 1. The van der Waals surface area contributed by atoms with Crippen molar-refractivity contribution in [2.24, 2.45) is 17.0 Å². The average Bonchev–Trinajstić information content (AvgIpc) is 3.02. The van der Waals surface area contributed by atoms with Gasteiger partial charge in [0.15, 0.2) is 0 Å². The molecule has 0 spiro atoms. The molecule has 6 nitrogen and oxygen atoms in total. The van der Waals surface area contributed by atoms with Gasteiger partial charge in [-0.3, -0.25) is 0 Å². The smallest absolute Gasteiger partial charge is 0.142 e. The maximum Gasteiger partial charge on any atom is 0.142 e. The van der Waals surface area contributed by atoms with Crippen molar-refractivity contribution in [3.05, 3.63) is 18.6 Å². The molecule has 3 atom stereocenters. The molecule has 0 aliphatic heterocycles. The van der Waals surface area contributed by atoms with Crippen LogP contribution in [0.15, 0.2) is 23.7 Å². The van der Waals surface area contributed by atoms with Crippen LogP contribution in [0.1, 0.15) is 32.6 Å². The lowest BCUT2D eigenvalue weighted by Crippen LogP contribution is -2.42. The Hall–Kier alpha value is -2.11. The SMILES string of the molecule is CC1CCC(CC=NO)CC1N(C)c1ncnc2[nH]ccc12. The summed E-state index contributed by atoms with van der Waals surface area (Å²) in [4.78, 5) is 14.2. The van der Waals surface area contributed by atoms with Gasteiger partial charge in [0.2, 0.25) is 0 Å². The normalized spacial score (nSPS) is 25.8. The minimum atomic E-state index is 0.443. The second kappa shape index (κ2) is 6.34. The van der Waals surface area contributed by atoms with Crippen LogP contribution in [0.4, 0.5) is 5.82 Å². The molecule has 0 radical (unpaired) electrons. The third-order valence-corrected chi connectivity index (χ3v) is 4.95. The van der Waals surface area contributed by atoms with Crippen LogP contribution in [0, 0.1) is 11.8 Å². The van der Waals surface area contributed by atoms with Crippen molar-refractivity contribution in [2.45, 2.75) is 38.6 Å². The first-order chi connectivity index (χ1) is 10.7. The number of H-pyrrole nitrogens is 1. The highest BCUT2D eigenvalue weighted by molar-refractivity contribution is 5.87. The Labute approximate surface area is 130 Å². The lowest BCUT2D eigenvalue weighted by molar-refractivity contribution is 0.249. The van der Waals surface area contributed by atoms with Crippen molar-refractivity contribution in [1.82, 2.24) is 15.0 Å². The first-order valence-corrected chi connectivity index (χ1v) is 7.87. The number of aromatic amines is 1. The third kappa shape index (κ3) is 2.77. The van der Waals surface area contributed by atoms with Crippen molar-refractivity contribution in [2.75, 3.05) is 11.9 Å². The summed E-state index contributed by atoms with van der Waals surface area (Å²) >= 11 is 0. The van der Waals surface area contributed by atoms with Gasteiger partial charge in [-0.1, -0.05) is 6.92 Å². The van der Waals surface area contributed by atoms with Crippen LogP contribution in [0.5, 0.6) is 0 Å². The molecular weight excluding hydrogens is 278 g/mol. The van der Waals surface area contributed by atoms with Gasteiger partial charge in [-0.2, -0.15) is 0 Å². The number of nitrogens with zero attached hydrogens (tertiary/aromatic N) is 4. The first-order valence-electron chi connectivity index (χ1n) is 7.87. The molecule has 0 saturated heterocycles. The van der Waals surface area contributed by atoms with E-state index >= 15 is 0 Å². The summed E-state index contributed by atoms with van der Waals surface area (Å²) in [7, 11) is 2.12. The van der Waals surface area contributed by atoms with Gasteiger partial charge in [0.05, 0.1) is 5.39 Å². The van der Waals surface area contributed by atoms with Crippen molar-refractivity contribution in [3.8, 4) is 0 Å². The molecule has 1 aliphatic carbocycles. The minimum Gasteiger partial charge on any atom is -0.411 e. The van der Waals surface area contributed by atoms with Gasteiger partial charge in [-0.15, -0.1) is 5.16 Å². The van der Waals surface area contributed by atoms with Gasteiger partial charge in [-0.05, 0) is 43.6 Å². The summed E-state index contributed by atoms with van der Waals surface area (Å²) in [6, 6.07) is 2.48. The van der Waals surface area contributed by atoms with Gasteiger partial charge in [0.1, 0.15) is 17.8 Å². The van der Waals surface area contributed by atoms with E-state index in [0.717, 1.165) is 29.7 Å². The monoisotopic (exact) mass is 301 g/mol. The van der Waals surface area contributed by atoms with Crippen molar-refractivity contribution in [1.29, 1.82) is 0 Å². The van der Waals surface area contributed by atoms with E-state index in [1.165, 1.54) is 12.8 Å². The van der Waals surface area contributed by atoms with Crippen LogP contribution in [-0.2, 0) is 0 Å². The van der Waals surface area contributed by atoms with Gasteiger partial charge in [0, 0.05) is 25.5 Å². The molecule has 3 rings (SSSR count). The molecule has 6 heteroatoms. The molecular formula is C16H23N5O. The van der Waals surface area contributed by atoms with Crippen LogP contribution >= 0.6 is 0 Å². The second-order valence-electron chi connectivity index (χ2n) is 6.31. The molecule has 2 aromatic heterocycles. The van der Waals surface area contributed by atoms with Gasteiger partial charge in [0.25, 0.3) is 0 Å². The van der Waals surface area contributed by atoms with E-state index in [9.17, 15) is 0 Å². The predicted octanol–water partition coefficient (Wildman–Crippen LogP) is 3.05. The van der Waals surface area contributed by atoms with E-state index in [0.29, 0.717) is 17.9 Å².